The molecular formula is C20H14BrNO3. The first-order valence-corrected chi connectivity index (χ1v) is 8.36. The Morgan fingerprint density at radius 2 is 1.44 bits per heavy atom. The highest BCUT2D eigenvalue weighted by molar-refractivity contribution is 9.10. The molecule has 0 aromatic heterocycles. The summed E-state index contributed by atoms with van der Waals surface area (Å²) < 4.78 is 6.03. The number of hydrogen-bond donors (Lipinski definition) is 1. The van der Waals surface area contributed by atoms with Crippen LogP contribution in [0.1, 0.15) is 20.7 Å². The fourth-order valence-corrected chi connectivity index (χ4v) is 2.66. The lowest BCUT2D eigenvalue weighted by atomic mass is 10.2. The van der Waals surface area contributed by atoms with Gasteiger partial charge >= 0.3 is 5.97 Å². The van der Waals surface area contributed by atoms with Crippen LogP contribution >= 0.6 is 15.9 Å². The maximum Gasteiger partial charge on any atom is 0.343 e. The minimum atomic E-state index is -0.425. The fraction of sp³-hybridized carbons (Fsp3) is 0. The second-order valence-corrected chi connectivity index (χ2v) is 6.07. The van der Waals surface area contributed by atoms with E-state index < -0.39 is 5.97 Å². The molecule has 0 unspecified atom stereocenters. The third-order valence-corrected chi connectivity index (χ3v) is 4.14. The highest BCUT2D eigenvalue weighted by Crippen LogP contribution is 2.20. The average Bonchev–Trinajstić information content (AvgIpc) is 2.64. The summed E-state index contributed by atoms with van der Waals surface area (Å²) in [7, 11) is 0. The minimum Gasteiger partial charge on any atom is -0.423 e. The summed E-state index contributed by atoms with van der Waals surface area (Å²) in [6, 6.07) is 22.6. The van der Waals surface area contributed by atoms with Crippen molar-refractivity contribution >= 4 is 33.5 Å². The van der Waals surface area contributed by atoms with E-state index in [9.17, 15) is 9.59 Å². The van der Waals surface area contributed by atoms with Crippen molar-refractivity contribution in [2.24, 2.45) is 0 Å². The Balaban J connectivity index is 1.65. The van der Waals surface area contributed by atoms with Crippen LogP contribution in [-0.4, -0.2) is 11.9 Å². The lowest BCUT2D eigenvalue weighted by Gasteiger charge is -2.08. The van der Waals surface area contributed by atoms with Gasteiger partial charge in [-0.05, 0) is 64.5 Å². The van der Waals surface area contributed by atoms with E-state index in [1.807, 2.05) is 12.1 Å². The van der Waals surface area contributed by atoms with E-state index >= 15 is 0 Å². The summed E-state index contributed by atoms with van der Waals surface area (Å²) in [5, 5.41) is 2.80. The van der Waals surface area contributed by atoms with E-state index in [1.165, 1.54) is 0 Å². The van der Waals surface area contributed by atoms with Crippen molar-refractivity contribution in [3.05, 3.63) is 94.5 Å². The Morgan fingerprint density at radius 3 is 2.12 bits per heavy atom. The molecule has 0 aliphatic rings. The fourth-order valence-electron chi connectivity index (χ4n) is 2.19. The number of carbonyl (C=O) groups excluding carboxylic acids is 2. The van der Waals surface area contributed by atoms with Crippen molar-refractivity contribution < 1.29 is 14.3 Å². The normalized spacial score (nSPS) is 10.1. The average molecular weight is 396 g/mol. The van der Waals surface area contributed by atoms with E-state index in [-0.39, 0.29) is 5.91 Å². The van der Waals surface area contributed by atoms with Gasteiger partial charge in [-0.3, -0.25) is 4.79 Å². The molecule has 0 atom stereocenters. The number of rotatable bonds is 4. The number of esters is 1. The zero-order chi connectivity index (χ0) is 17.6. The van der Waals surface area contributed by atoms with E-state index in [0.717, 1.165) is 4.47 Å². The number of nitrogens with one attached hydrogen (secondary N) is 1. The van der Waals surface area contributed by atoms with Gasteiger partial charge in [0.15, 0.2) is 0 Å². The first-order chi connectivity index (χ1) is 12.1. The van der Waals surface area contributed by atoms with Crippen LogP contribution < -0.4 is 10.1 Å². The molecule has 3 aromatic rings. The number of hydrogen-bond acceptors (Lipinski definition) is 3. The summed E-state index contributed by atoms with van der Waals surface area (Å²) in [5.41, 5.74) is 1.64. The molecule has 0 bridgehead atoms. The Bertz CT molecular complexity index is 892. The van der Waals surface area contributed by atoms with Crippen LogP contribution in [0.25, 0.3) is 0 Å². The van der Waals surface area contributed by atoms with Gasteiger partial charge in [0, 0.05) is 10.2 Å². The van der Waals surface area contributed by atoms with Crippen LogP contribution in [0.4, 0.5) is 5.69 Å². The number of halogens is 1. The quantitative estimate of drug-likeness (QED) is 0.503. The molecule has 1 N–H and O–H groups in total. The third kappa shape index (κ3) is 4.33. The summed E-state index contributed by atoms with van der Waals surface area (Å²) in [6.45, 7) is 0. The van der Waals surface area contributed by atoms with E-state index in [2.05, 4.69) is 21.2 Å². The molecule has 0 heterocycles. The SMILES string of the molecule is O=C(Oc1ccc(NC(=O)c2ccccc2Br)cc1)c1ccccc1. The maximum absolute atomic E-state index is 12.3. The predicted molar refractivity (Wildman–Crippen MR) is 99.9 cm³/mol. The van der Waals surface area contributed by atoms with E-state index in [1.54, 1.807) is 66.7 Å². The second kappa shape index (κ2) is 7.77. The molecule has 0 aliphatic carbocycles. The largest absolute Gasteiger partial charge is 0.423 e. The molecule has 5 heteroatoms. The van der Waals surface area contributed by atoms with Crippen molar-refractivity contribution in [1.29, 1.82) is 0 Å². The standard InChI is InChI=1S/C20H14BrNO3/c21-18-9-5-4-8-17(18)19(23)22-15-10-12-16(13-11-15)25-20(24)14-6-2-1-3-7-14/h1-13H,(H,22,23). The Labute approximate surface area is 153 Å². The lowest BCUT2D eigenvalue weighted by molar-refractivity contribution is 0.0734. The highest BCUT2D eigenvalue weighted by atomic mass is 79.9. The van der Waals surface area contributed by atoms with Crippen LogP contribution in [0.3, 0.4) is 0 Å². The van der Waals surface area contributed by atoms with Crippen LogP contribution in [0.5, 0.6) is 5.75 Å². The number of ether oxygens (including phenoxy) is 1. The van der Waals surface area contributed by atoms with Crippen molar-refractivity contribution in [3.8, 4) is 5.75 Å². The maximum atomic E-state index is 12.3. The van der Waals surface area contributed by atoms with E-state index in [4.69, 9.17) is 4.74 Å². The number of amides is 1. The van der Waals surface area contributed by atoms with Crippen molar-refractivity contribution in [1.82, 2.24) is 0 Å². The lowest BCUT2D eigenvalue weighted by Crippen LogP contribution is -2.12. The smallest absolute Gasteiger partial charge is 0.343 e. The number of benzene rings is 3. The number of anilines is 1. The van der Waals surface area contributed by atoms with Crippen molar-refractivity contribution in [2.45, 2.75) is 0 Å². The third-order valence-electron chi connectivity index (χ3n) is 3.45. The van der Waals surface area contributed by atoms with Crippen LogP contribution in [-0.2, 0) is 0 Å². The van der Waals surface area contributed by atoms with Crippen LogP contribution in [0, 0.1) is 0 Å². The second-order valence-electron chi connectivity index (χ2n) is 5.21. The van der Waals surface area contributed by atoms with Crippen molar-refractivity contribution in [3.63, 3.8) is 0 Å². The molecule has 4 nitrogen and oxygen atoms in total. The predicted octanol–water partition coefficient (Wildman–Crippen LogP) is 4.92. The molecule has 0 aliphatic heterocycles. The molecule has 0 radical (unpaired) electrons. The molecule has 124 valence electrons. The van der Waals surface area contributed by atoms with Gasteiger partial charge < -0.3 is 10.1 Å². The summed E-state index contributed by atoms with van der Waals surface area (Å²) in [5.74, 6) is -0.236. The van der Waals surface area contributed by atoms with Gasteiger partial charge in [-0.15, -0.1) is 0 Å². The molecule has 0 spiro atoms. The summed E-state index contributed by atoms with van der Waals surface area (Å²) in [6.07, 6.45) is 0. The van der Waals surface area contributed by atoms with Crippen molar-refractivity contribution in [2.75, 3.05) is 5.32 Å². The Kier molecular flexibility index (Phi) is 5.26. The Hall–Kier alpha value is -2.92. The first-order valence-electron chi connectivity index (χ1n) is 7.56. The van der Waals surface area contributed by atoms with E-state index in [0.29, 0.717) is 22.6 Å². The van der Waals surface area contributed by atoms with Crippen LogP contribution in [0.2, 0.25) is 0 Å². The molecule has 25 heavy (non-hydrogen) atoms. The van der Waals surface area contributed by atoms with Gasteiger partial charge in [-0.2, -0.15) is 0 Å². The van der Waals surface area contributed by atoms with Gasteiger partial charge in [-0.1, -0.05) is 30.3 Å². The molecule has 1 amide bonds. The number of carbonyl (C=O) groups is 2. The van der Waals surface area contributed by atoms with Gasteiger partial charge in [0.25, 0.3) is 5.91 Å². The zero-order valence-corrected chi connectivity index (χ0v) is 14.7. The monoisotopic (exact) mass is 395 g/mol. The van der Waals surface area contributed by atoms with Gasteiger partial charge in [0.1, 0.15) is 5.75 Å². The van der Waals surface area contributed by atoms with Crippen LogP contribution in [0.15, 0.2) is 83.3 Å². The zero-order valence-electron chi connectivity index (χ0n) is 13.1. The molecule has 0 fully saturated rings. The highest BCUT2D eigenvalue weighted by Gasteiger charge is 2.10. The molecule has 3 rings (SSSR count). The van der Waals surface area contributed by atoms with Gasteiger partial charge in [0.2, 0.25) is 0 Å². The van der Waals surface area contributed by atoms with Gasteiger partial charge in [-0.25, -0.2) is 4.79 Å². The molecule has 0 saturated heterocycles. The Morgan fingerprint density at radius 1 is 0.800 bits per heavy atom. The molecular weight excluding hydrogens is 382 g/mol. The summed E-state index contributed by atoms with van der Waals surface area (Å²) in [4.78, 5) is 24.3. The first kappa shape index (κ1) is 16.9. The molecule has 3 aromatic carbocycles. The van der Waals surface area contributed by atoms with Gasteiger partial charge in [0.05, 0.1) is 11.1 Å². The minimum absolute atomic E-state index is 0.221. The molecule has 0 saturated carbocycles. The summed E-state index contributed by atoms with van der Waals surface area (Å²) >= 11 is 3.35. The topological polar surface area (TPSA) is 55.4 Å².